The quantitative estimate of drug-likeness (QED) is 0.788. The van der Waals surface area contributed by atoms with Gasteiger partial charge in [0.2, 0.25) is 5.91 Å². The molecular formula is C16H22N4O2. The molecule has 6 nitrogen and oxygen atoms in total. The molecular weight excluding hydrogens is 280 g/mol. The molecule has 6 heteroatoms. The highest BCUT2D eigenvalue weighted by atomic mass is 16.2. The zero-order valence-corrected chi connectivity index (χ0v) is 13.3. The molecule has 3 amide bonds. The molecule has 0 aromatic heterocycles. The minimum Gasteiger partial charge on any atom is -0.352 e. The van der Waals surface area contributed by atoms with Gasteiger partial charge in [-0.2, -0.15) is 5.26 Å². The van der Waals surface area contributed by atoms with Gasteiger partial charge in [0.1, 0.15) is 12.1 Å². The predicted molar refractivity (Wildman–Crippen MR) is 83.8 cm³/mol. The highest BCUT2D eigenvalue weighted by molar-refractivity contribution is 5.86. The summed E-state index contributed by atoms with van der Waals surface area (Å²) in [4.78, 5) is 22.7. The lowest BCUT2D eigenvalue weighted by atomic mass is 9.86. The summed E-state index contributed by atoms with van der Waals surface area (Å²) in [5.41, 5.74) is 6.82. The van der Waals surface area contributed by atoms with Crippen LogP contribution in [0.4, 0.5) is 4.79 Å². The van der Waals surface area contributed by atoms with Crippen LogP contribution in [0.15, 0.2) is 24.3 Å². The number of amides is 3. The smallest absolute Gasteiger partial charge is 0.312 e. The van der Waals surface area contributed by atoms with Gasteiger partial charge in [0, 0.05) is 0 Å². The summed E-state index contributed by atoms with van der Waals surface area (Å²) < 4.78 is 0. The maximum Gasteiger partial charge on any atom is 0.312 e. The second-order valence-corrected chi connectivity index (χ2v) is 6.17. The number of carbonyl (C=O) groups is 2. The van der Waals surface area contributed by atoms with Crippen molar-refractivity contribution in [2.24, 2.45) is 5.73 Å². The molecule has 0 saturated heterocycles. The first kappa shape index (κ1) is 17.5. The first-order valence-corrected chi connectivity index (χ1v) is 7.01. The van der Waals surface area contributed by atoms with Gasteiger partial charge in [-0.25, -0.2) is 4.79 Å². The van der Waals surface area contributed by atoms with E-state index in [4.69, 9.17) is 5.73 Å². The van der Waals surface area contributed by atoms with Gasteiger partial charge < -0.3 is 16.4 Å². The van der Waals surface area contributed by atoms with E-state index in [0.717, 1.165) is 5.56 Å². The lowest BCUT2D eigenvalue weighted by Crippen LogP contribution is -2.47. The number of urea groups is 1. The molecule has 0 bridgehead atoms. The van der Waals surface area contributed by atoms with E-state index in [1.54, 1.807) is 0 Å². The summed E-state index contributed by atoms with van der Waals surface area (Å²) in [6.07, 6.45) is 0. The number of nitrogens with zero attached hydrogens (tertiary/aromatic N) is 1. The van der Waals surface area contributed by atoms with Gasteiger partial charge in [0.05, 0.1) is 6.07 Å². The highest BCUT2D eigenvalue weighted by Gasteiger charge is 2.20. The predicted octanol–water partition coefficient (Wildman–Crippen LogP) is 1.72. The summed E-state index contributed by atoms with van der Waals surface area (Å²) >= 11 is 0. The van der Waals surface area contributed by atoms with Crippen LogP contribution in [-0.2, 0) is 10.2 Å². The number of nitrogens with one attached hydrogen (secondary N) is 2. The molecule has 1 aromatic rings. The molecule has 0 aliphatic rings. The third-order valence-corrected chi connectivity index (χ3v) is 3.28. The number of carbonyl (C=O) groups excluding carboxylic acids is 2. The second-order valence-electron chi connectivity index (χ2n) is 6.17. The van der Waals surface area contributed by atoms with Crippen LogP contribution in [0, 0.1) is 11.3 Å². The Labute approximate surface area is 130 Å². The fourth-order valence-corrected chi connectivity index (χ4v) is 1.91. The standard InChI is InChI=1S/C16H22N4O2/c1-10(19-15(18)22)14(21)20-13(9-17)11-5-7-12(8-6-11)16(2,3)4/h5-8,10,13H,1-4H3,(H,20,21)(H3,18,19,22)/t10-,13-/m1/s1. The van der Waals surface area contributed by atoms with Crippen molar-refractivity contribution in [2.75, 3.05) is 0 Å². The van der Waals surface area contributed by atoms with Crippen LogP contribution in [0.5, 0.6) is 0 Å². The van der Waals surface area contributed by atoms with Crippen molar-refractivity contribution < 1.29 is 9.59 Å². The number of primary amides is 1. The number of hydrogen-bond donors (Lipinski definition) is 3. The van der Waals surface area contributed by atoms with Crippen LogP contribution >= 0.6 is 0 Å². The van der Waals surface area contributed by atoms with Crippen LogP contribution in [0.1, 0.15) is 44.9 Å². The van der Waals surface area contributed by atoms with E-state index in [0.29, 0.717) is 5.56 Å². The Morgan fingerprint density at radius 3 is 2.14 bits per heavy atom. The molecule has 0 aliphatic heterocycles. The zero-order valence-electron chi connectivity index (χ0n) is 13.3. The Morgan fingerprint density at radius 1 is 1.18 bits per heavy atom. The molecule has 0 spiro atoms. The first-order valence-electron chi connectivity index (χ1n) is 7.01. The van der Waals surface area contributed by atoms with Gasteiger partial charge >= 0.3 is 6.03 Å². The molecule has 1 rings (SSSR count). The third-order valence-electron chi connectivity index (χ3n) is 3.28. The number of hydrogen-bond acceptors (Lipinski definition) is 3. The molecule has 0 radical (unpaired) electrons. The Morgan fingerprint density at radius 2 is 1.73 bits per heavy atom. The average molecular weight is 302 g/mol. The molecule has 0 unspecified atom stereocenters. The Kier molecular flexibility index (Phi) is 5.52. The lowest BCUT2D eigenvalue weighted by Gasteiger charge is -2.20. The topological polar surface area (TPSA) is 108 Å². The van der Waals surface area contributed by atoms with Crippen molar-refractivity contribution >= 4 is 11.9 Å². The van der Waals surface area contributed by atoms with Crippen LogP contribution in [0.25, 0.3) is 0 Å². The summed E-state index contributed by atoms with van der Waals surface area (Å²) in [7, 11) is 0. The molecule has 22 heavy (non-hydrogen) atoms. The van der Waals surface area contributed by atoms with Crippen molar-refractivity contribution in [3.63, 3.8) is 0 Å². The molecule has 118 valence electrons. The number of benzene rings is 1. The van der Waals surface area contributed by atoms with E-state index in [1.807, 2.05) is 30.3 Å². The summed E-state index contributed by atoms with van der Waals surface area (Å²) in [6, 6.07) is 7.19. The monoisotopic (exact) mass is 302 g/mol. The van der Waals surface area contributed by atoms with Gasteiger partial charge in [-0.3, -0.25) is 4.79 Å². The van der Waals surface area contributed by atoms with Crippen LogP contribution in [0.3, 0.4) is 0 Å². The van der Waals surface area contributed by atoms with Gasteiger partial charge in [0.25, 0.3) is 0 Å². The fourth-order valence-electron chi connectivity index (χ4n) is 1.91. The van der Waals surface area contributed by atoms with Gasteiger partial charge in [-0.05, 0) is 23.5 Å². The van der Waals surface area contributed by atoms with Crippen LogP contribution in [0.2, 0.25) is 0 Å². The van der Waals surface area contributed by atoms with Crippen molar-refractivity contribution in [3.8, 4) is 6.07 Å². The minimum atomic E-state index is -0.804. The van der Waals surface area contributed by atoms with Gasteiger partial charge in [0.15, 0.2) is 0 Å². The second kappa shape index (κ2) is 6.94. The summed E-state index contributed by atoms with van der Waals surface area (Å²) in [6.45, 7) is 7.80. The molecule has 2 atom stereocenters. The van der Waals surface area contributed by atoms with E-state index in [2.05, 4.69) is 31.4 Å². The molecule has 0 saturated carbocycles. The van der Waals surface area contributed by atoms with Crippen molar-refractivity contribution in [3.05, 3.63) is 35.4 Å². The summed E-state index contributed by atoms with van der Waals surface area (Å²) in [5.74, 6) is -0.467. The third kappa shape index (κ3) is 4.77. The zero-order chi connectivity index (χ0) is 16.9. The van der Waals surface area contributed by atoms with Crippen molar-refractivity contribution in [1.29, 1.82) is 5.26 Å². The number of nitrogens with two attached hydrogens (primary N) is 1. The maximum atomic E-state index is 11.9. The fraction of sp³-hybridized carbons (Fsp3) is 0.438. The van der Waals surface area contributed by atoms with Crippen molar-refractivity contribution in [2.45, 2.75) is 45.2 Å². The Bertz CT molecular complexity index is 582. The van der Waals surface area contributed by atoms with E-state index in [1.165, 1.54) is 6.92 Å². The van der Waals surface area contributed by atoms with Gasteiger partial charge in [-0.1, -0.05) is 45.0 Å². The average Bonchev–Trinajstić information content (AvgIpc) is 2.43. The molecule has 4 N–H and O–H groups in total. The maximum absolute atomic E-state index is 11.9. The lowest BCUT2D eigenvalue weighted by molar-refractivity contribution is -0.122. The number of rotatable bonds is 4. The minimum absolute atomic E-state index is 0.0177. The largest absolute Gasteiger partial charge is 0.352 e. The van der Waals surface area contributed by atoms with Gasteiger partial charge in [-0.15, -0.1) is 0 Å². The molecule has 0 aliphatic carbocycles. The SMILES string of the molecule is C[C@@H](NC(N)=O)C(=O)N[C@H](C#N)c1ccc(C(C)(C)C)cc1. The highest BCUT2D eigenvalue weighted by Crippen LogP contribution is 2.23. The normalized spacial score (nSPS) is 13.6. The van der Waals surface area contributed by atoms with E-state index in [-0.39, 0.29) is 5.41 Å². The molecule has 0 heterocycles. The first-order chi connectivity index (χ1) is 10.1. The van der Waals surface area contributed by atoms with E-state index >= 15 is 0 Å². The van der Waals surface area contributed by atoms with Crippen LogP contribution < -0.4 is 16.4 Å². The van der Waals surface area contributed by atoms with E-state index < -0.39 is 24.0 Å². The van der Waals surface area contributed by atoms with E-state index in [9.17, 15) is 14.9 Å². The Hall–Kier alpha value is -2.55. The Balaban J connectivity index is 2.83. The molecule has 0 fully saturated rings. The summed E-state index contributed by atoms with van der Waals surface area (Å²) in [5, 5.41) is 14.1. The van der Waals surface area contributed by atoms with Crippen molar-refractivity contribution in [1.82, 2.24) is 10.6 Å². The number of nitriles is 1. The molecule has 1 aromatic carbocycles. The van der Waals surface area contributed by atoms with Crippen LogP contribution in [-0.4, -0.2) is 18.0 Å².